The van der Waals surface area contributed by atoms with E-state index in [0.717, 1.165) is 11.3 Å². The minimum absolute atomic E-state index is 0.257. The van der Waals surface area contributed by atoms with E-state index in [9.17, 15) is 8.42 Å². The van der Waals surface area contributed by atoms with Gasteiger partial charge in [-0.25, -0.2) is 0 Å². The molecule has 0 saturated carbocycles. The summed E-state index contributed by atoms with van der Waals surface area (Å²) in [7, 11) is -4.24. The van der Waals surface area contributed by atoms with Crippen LogP contribution in [0.5, 0.6) is 0 Å². The van der Waals surface area contributed by atoms with Gasteiger partial charge in [-0.3, -0.25) is 14.5 Å². The van der Waals surface area contributed by atoms with Crippen LogP contribution in [0.2, 0.25) is 0 Å². The fourth-order valence-electron chi connectivity index (χ4n) is 1.88. The number of aliphatic imine (C=N–C) groups is 2. The number of aromatic nitrogens is 1. The summed E-state index contributed by atoms with van der Waals surface area (Å²) in [5, 5.41) is -0.257. The van der Waals surface area contributed by atoms with Gasteiger partial charge in [0.25, 0.3) is 0 Å². The lowest BCUT2D eigenvalue weighted by Gasteiger charge is -2.02. The van der Waals surface area contributed by atoms with Gasteiger partial charge in [-0.05, 0) is 30.4 Å². The first-order valence-electron chi connectivity index (χ1n) is 5.42. The highest BCUT2D eigenvalue weighted by Crippen LogP contribution is 2.23. The Hall–Kier alpha value is -2.25. The van der Waals surface area contributed by atoms with Crippen molar-refractivity contribution >= 4 is 22.0 Å². The van der Waals surface area contributed by atoms with Gasteiger partial charge in [0.1, 0.15) is 0 Å². The molecule has 0 unspecified atom stereocenters. The molecule has 0 saturated heterocycles. The van der Waals surface area contributed by atoms with E-state index in [4.69, 9.17) is 4.55 Å². The zero-order valence-electron chi connectivity index (χ0n) is 9.61. The Bertz CT molecular complexity index is 778. The van der Waals surface area contributed by atoms with Crippen molar-refractivity contribution in [3.8, 4) is 0 Å². The van der Waals surface area contributed by atoms with Crippen LogP contribution in [-0.2, 0) is 10.1 Å². The molecule has 2 N–H and O–H groups in total. The van der Waals surface area contributed by atoms with Crippen LogP contribution in [0, 0.1) is 0 Å². The second-order valence-electron chi connectivity index (χ2n) is 3.94. The predicted octanol–water partition coefficient (Wildman–Crippen LogP) is 1.47. The smallest absolute Gasteiger partial charge is 0.310 e. The van der Waals surface area contributed by atoms with Crippen LogP contribution in [0.4, 0.5) is 0 Å². The maximum atomic E-state index is 11.0. The lowest BCUT2D eigenvalue weighted by molar-refractivity contribution is 0.480. The van der Waals surface area contributed by atoms with Gasteiger partial charge in [0.05, 0.1) is 17.1 Å². The SMILES string of the molecule is O=S(=O)(O)c1ccc(C2=NC=CC2=C2C=CC=N2)[nH]1. The molecule has 0 aromatic carbocycles. The summed E-state index contributed by atoms with van der Waals surface area (Å²) < 4.78 is 31.0. The first-order valence-corrected chi connectivity index (χ1v) is 6.86. The summed E-state index contributed by atoms with van der Waals surface area (Å²) in [6.07, 6.45) is 8.74. The van der Waals surface area contributed by atoms with Gasteiger partial charge in [-0.2, -0.15) is 8.42 Å². The molecule has 0 atom stereocenters. The maximum Gasteiger partial charge on any atom is 0.310 e. The average molecular weight is 275 g/mol. The number of H-pyrrole nitrogens is 1. The zero-order valence-corrected chi connectivity index (χ0v) is 10.4. The number of allylic oxidation sites excluding steroid dienone is 4. The molecule has 3 rings (SSSR count). The quantitative estimate of drug-likeness (QED) is 0.800. The van der Waals surface area contributed by atoms with Crippen molar-refractivity contribution in [2.45, 2.75) is 5.03 Å². The summed E-state index contributed by atoms with van der Waals surface area (Å²) >= 11 is 0. The van der Waals surface area contributed by atoms with Gasteiger partial charge in [-0.1, -0.05) is 0 Å². The van der Waals surface area contributed by atoms with Crippen LogP contribution in [0.3, 0.4) is 0 Å². The fraction of sp³-hybridized carbons (Fsp3) is 0. The molecule has 6 nitrogen and oxygen atoms in total. The van der Waals surface area contributed by atoms with Crippen molar-refractivity contribution < 1.29 is 13.0 Å². The molecule has 0 amide bonds. The largest absolute Gasteiger partial charge is 0.342 e. The monoisotopic (exact) mass is 275 g/mol. The van der Waals surface area contributed by atoms with Gasteiger partial charge < -0.3 is 4.98 Å². The van der Waals surface area contributed by atoms with E-state index in [0.29, 0.717) is 11.4 Å². The molecule has 7 heteroatoms. The second-order valence-corrected chi connectivity index (χ2v) is 5.33. The molecule has 3 heterocycles. The first-order chi connectivity index (χ1) is 9.05. The van der Waals surface area contributed by atoms with E-state index < -0.39 is 10.1 Å². The molecule has 2 aliphatic heterocycles. The molecule has 2 aliphatic rings. The van der Waals surface area contributed by atoms with Crippen molar-refractivity contribution in [1.82, 2.24) is 4.98 Å². The molecule has 96 valence electrons. The average Bonchev–Trinajstić information content (AvgIpc) is 3.09. The minimum atomic E-state index is -4.24. The molecule has 0 radical (unpaired) electrons. The predicted molar refractivity (Wildman–Crippen MR) is 70.9 cm³/mol. The number of aromatic amines is 1. The van der Waals surface area contributed by atoms with Crippen LogP contribution in [0.1, 0.15) is 5.69 Å². The Morgan fingerprint density at radius 1 is 1.21 bits per heavy atom. The zero-order chi connectivity index (χ0) is 13.5. The molecule has 0 fully saturated rings. The van der Waals surface area contributed by atoms with Crippen LogP contribution in [0.15, 0.2) is 62.8 Å². The molecular weight excluding hydrogens is 266 g/mol. The lowest BCUT2D eigenvalue weighted by Crippen LogP contribution is -2.04. The molecule has 1 aromatic rings. The van der Waals surface area contributed by atoms with Crippen LogP contribution in [-0.4, -0.2) is 29.9 Å². The molecular formula is C12H9N3O3S. The van der Waals surface area contributed by atoms with Crippen molar-refractivity contribution in [1.29, 1.82) is 0 Å². The van der Waals surface area contributed by atoms with E-state index in [2.05, 4.69) is 15.0 Å². The minimum Gasteiger partial charge on any atom is -0.342 e. The second kappa shape index (κ2) is 4.15. The molecule has 0 bridgehead atoms. The van der Waals surface area contributed by atoms with Crippen LogP contribution < -0.4 is 0 Å². The Labute approximate surface area is 109 Å². The van der Waals surface area contributed by atoms with Gasteiger partial charge in [0.2, 0.25) is 0 Å². The highest BCUT2D eigenvalue weighted by atomic mass is 32.2. The van der Waals surface area contributed by atoms with Crippen LogP contribution in [0.25, 0.3) is 0 Å². The highest BCUT2D eigenvalue weighted by Gasteiger charge is 2.19. The molecule has 0 aliphatic carbocycles. The van der Waals surface area contributed by atoms with Crippen LogP contribution >= 0.6 is 0 Å². The summed E-state index contributed by atoms with van der Waals surface area (Å²) in [5.74, 6) is 0. The van der Waals surface area contributed by atoms with Gasteiger partial charge in [-0.15, -0.1) is 0 Å². The Balaban J connectivity index is 2.04. The van der Waals surface area contributed by atoms with Crippen molar-refractivity contribution in [3.05, 3.63) is 53.5 Å². The summed E-state index contributed by atoms with van der Waals surface area (Å²) in [4.78, 5) is 11.0. The normalized spacial score (nSPS) is 21.4. The van der Waals surface area contributed by atoms with E-state index in [1.807, 2.05) is 12.2 Å². The molecule has 1 aromatic heterocycles. The van der Waals surface area contributed by atoms with E-state index in [-0.39, 0.29) is 5.03 Å². The third-order valence-electron chi connectivity index (χ3n) is 2.72. The number of rotatable bonds is 2. The van der Waals surface area contributed by atoms with Crippen molar-refractivity contribution in [3.63, 3.8) is 0 Å². The Morgan fingerprint density at radius 3 is 2.68 bits per heavy atom. The van der Waals surface area contributed by atoms with Gasteiger partial charge in [0, 0.05) is 18.0 Å². The topological polar surface area (TPSA) is 94.9 Å². The highest BCUT2D eigenvalue weighted by molar-refractivity contribution is 7.85. The Morgan fingerprint density at radius 2 is 2.05 bits per heavy atom. The summed E-state index contributed by atoms with van der Waals surface area (Å²) in [6.45, 7) is 0. The lowest BCUT2D eigenvalue weighted by atomic mass is 10.1. The van der Waals surface area contributed by atoms with E-state index >= 15 is 0 Å². The van der Waals surface area contributed by atoms with E-state index in [1.54, 1.807) is 24.6 Å². The molecule has 19 heavy (non-hydrogen) atoms. The van der Waals surface area contributed by atoms with E-state index in [1.165, 1.54) is 6.07 Å². The number of hydrogen-bond donors (Lipinski definition) is 2. The third kappa shape index (κ3) is 2.09. The Kier molecular flexibility index (Phi) is 2.58. The number of nitrogens with one attached hydrogen (secondary N) is 1. The fourth-order valence-corrected chi connectivity index (χ4v) is 2.36. The number of nitrogens with zero attached hydrogens (tertiary/aromatic N) is 2. The van der Waals surface area contributed by atoms with Crippen molar-refractivity contribution in [2.24, 2.45) is 9.98 Å². The van der Waals surface area contributed by atoms with Crippen molar-refractivity contribution in [2.75, 3.05) is 0 Å². The van der Waals surface area contributed by atoms with Gasteiger partial charge in [0.15, 0.2) is 5.03 Å². The summed E-state index contributed by atoms with van der Waals surface area (Å²) in [5.41, 5.74) is 2.66. The van der Waals surface area contributed by atoms with Gasteiger partial charge >= 0.3 is 10.1 Å². The molecule has 0 spiro atoms. The number of hydrogen-bond acceptors (Lipinski definition) is 4. The third-order valence-corrected chi connectivity index (χ3v) is 3.52. The summed E-state index contributed by atoms with van der Waals surface area (Å²) in [6, 6.07) is 2.85. The maximum absolute atomic E-state index is 11.0. The standard InChI is InChI=1S/C12H9N3O3S/c16-19(17,18)11-4-3-10(15-11)12-8(5-7-14-12)9-2-1-6-13-9/h1-7,15H,(H,16,17,18). The first kappa shape index (κ1) is 11.8.